The molecule has 0 spiro atoms. The number of fused-ring (bicyclic) bond motifs is 1. The van der Waals surface area contributed by atoms with E-state index >= 15 is 0 Å². The molecular formula is C14H12O8S2. The van der Waals surface area contributed by atoms with Gasteiger partial charge in [-0.25, -0.2) is 19.2 Å². The fourth-order valence-corrected chi connectivity index (χ4v) is 4.44. The molecule has 10 heteroatoms. The number of carbonyl (C=O) groups is 4. The molecule has 0 aromatic carbocycles. The van der Waals surface area contributed by atoms with Gasteiger partial charge >= 0.3 is 23.9 Å². The predicted molar refractivity (Wildman–Crippen MR) is 86.8 cm³/mol. The van der Waals surface area contributed by atoms with Crippen molar-refractivity contribution in [2.75, 3.05) is 28.4 Å². The normalized spacial score (nSPS) is 12.2. The molecule has 128 valence electrons. The van der Waals surface area contributed by atoms with Crippen molar-refractivity contribution in [3.05, 3.63) is 20.9 Å². The second-order valence-corrected chi connectivity index (χ2v) is 6.28. The lowest BCUT2D eigenvalue weighted by Crippen LogP contribution is -2.19. The van der Waals surface area contributed by atoms with E-state index < -0.39 is 23.9 Å². The van der Waals surface area contributed by atoms with Crippen LogP contribution >= 0.6 is 22.3 Å². The highest BCUT2D eigenvalue weighted by Crippen LogP contribution is 2.36. The lowest BCUT2D eigenvalue weighted by atomic mass is 10.0. The first-order chi connectivity index (χ1) is 11.4. The van der Waals surface area contributed by atoms with Gasteiger partial charge in [0.15, 0.2) is 0 Å². The summed E-state index contributed by atoms with van der Waals surface area (Å²) >= 11 is 0.771. The molecule has 24 heavy (non-hydrogen) atoms. The maximum atomic E-state index is 12.0. The Morgan fingerprint density at radius 3 is 1.25 bits per heavy atom. The average Bonchev–Trinajstić information content (AvgIpc) is 3.17. The van der Waals surface area contributed by atoms with Crippen LogP contribution in [0.15, 0.2) is 0 Å². The molecule has 8 nitrogen and oxygen atoms in total. The van der Waals surface area contributed by atoms with E-state index in [-0.39, 0.29) is 30.6 Å². The number of thiophene rings is 1. The van der Waals surface area contributed by atoms with Crippen LogP contribution in [0.5, 0.6) is 0 Å². The SMILES string of the molecule is COC(=O)C1=S=C(C(=O)OC)c2c(C(=O)OC)sc(C(=O)OC)c21. The smallest absolute Gasteiger partial charge is 0.348 e. The molecule has 0 saturated heterocycles. The minimum Gasteiger partial charge on any atom is -0.465 e. The first-order valence-corrected chi connectivity index (χ1v) is 7.97. The van der Waals surface area contributed by atoms with E-state index in [2.05, 4.69) is 0 Å². The zero-order valence-corrected chi connectivity index (χ0v) is 14.7. The number of hydrogen-bond donors (Lipinski definition) is 0. The van der Waals surface area contributed by atoms with Crippen LogP contribution in [0.2, 0.25) is 0 Å². The molecular weight excluding hydrogens is 360 g/mol. The maximum absolute atomic E-state index is 12.0. The molecule has 1 aliphatic heterocycles. The summed E-state index contributed by atoms with van der Waals surface area (Å²) in [5.41, 5.74) is 0.231. The molecule has 0 unspecified atom stereocenters. The second-order valence-electron chi connectivity index (χ2n) is 4.24. The number of esters is 4. The molecule has 0 N–H and O–H groups in total. The van der Waals surface area contributed by atoms with Gasteiger partial charge in [0.2, 0.25) is 0 Å². The second kappa shape index (κ2) is 6.97. The van der Waals surface area contributed by atoms with E-state index in [4.69, 9.17) is 18.9 Å². The molecule has 2 heterocycles. The summed E-state index contributed by atoms with van der Waals surface area (Å²) in [4.78, 5) is 48.1. The summed E-state index contributed by atoms with van der Waals surface area (Å²) in [6.07, 6.45) is 0. The first-order valence-electron chi connectivity index (χ1n) is 6.33. The Morgan fingerprint density at radius 1 is 0.625 bits per heavy atom. The number of carbonyl (C=O) groups excluding carboxylic acids is 4. The number of rotatable bonds is 4. The Hall–Kier alpha value is -2.46. The molecule has 0 bridgehead atoms. The quantitative estimate of drug-likeness (QED) is 0.426. The Balaban J connectivity index is 2.83. The number of hydrogen-bond acceptors (Lipinski definition) is 9. The summed E-state index contributed by atoms with van der Waals surface area (Å²) in [6, 6.07) is 0. The van der Waals surface area contributed by atoms with Gasteiger partial charge in [0.25, 0.3) is 0 Å². The van der Waals surface area contributed by atoms with E-state index in [1.54, 1.807) is 0 Å². The van der Waals surface area contributed by atoms with Gasteiger partial charge in [-0.15, -0.1) is 22.3 Å². The van der Waals surface area contributed by atoms with Crippen LogP contribution in [0.25, 0.3) is 0 Å². The predicted octanol–water partition coefficient (Wildman–Crippen LogP) is 0.455. The van der Waals surface area contributed by atoms with E-state index in [9.17, 15) is 19.2 Å². The summed E-state index contributed by atoms with van der Waals surface area (Å²) in [5, 5.41) is 0. The van der Waals surface area contributed by atoms with Crippen molar-refractivity contribution in [1.82, 2.24) is 0 Å². The fraction of sp³-hybridized carbons (Fsp3) is 0.286. The van der Waals surface area contributed by atoms with Crippen LogP contribution in [0.1, 0.15) is 30.5 Å². The number of methoxy groups -OCH3 is 4. The lowest BCUT2D eigenvalue weighted by Gasteiger charge is -2.04. The molecule has 0 atom stereocenters. The Labute approximate surface area is 143 Å². The van der Waals surface area contributed by atoms with Crippen molar-refractivity contribution in [2.24, 2.45) is 0 Å². The van der Waals surface area contributed by atoms with Crippen LogP contribution in [0.3, 0.4) is 0 Å². The zero-order chi connectivity index (χ0) is 18.0. The topological polar surface area (TPSA) is 105 Å². The highest BCUT2D eigenvalue weighted by atomic mass is 32.1. The van der Waals surface area contributed by atoms with Gasteiger partial charge in [0.1, 0.15) is 19.5 Å². The summed E-state index contributed by atoms with van der Waals surface area (Å²) < 4.78 is 18.8. The molecule has 1 aromatic heterocycles. The molecule has 0 saturated carbocycles. The lowest BCUT2D eigenvalue weighted by molar-refractivity contribution is -0.133. The Morgan fingerprint density at radius 2 is 0.958 bits per heavy atom. The highest BCUT2D eigenvalue weighted by Gasteiger charge is 2.39. The van der Waals surface area contributed by atoms with Crippen LogP contribution in [-0.2, 0) is 28.5 Å². The maximum Gasteiger partial charge on any atom is 0.348 e. The summed E-state index contributed by atoms with van der Waals surface area (Å²) in [6.45, 7) is 0. The Kier molecular flexibility index (Phi) is 5.20. The average molecular weight is 372 g/mol. The zero-order valence-electron chi connectivity index (χ0n) is 13.1. The van der Waals surface area contributed by atoms with E-state index in [0.717, 1.165) is 50.7 Å². The minimum absolute atomic E-state index is 0.000275. The molecule has 1 aromatic rings. The van der Waals surface area contributed by atoms with E-state index in [0.29, 0.717) is 0 Å². The van der Waals surface area contributed by atoms with Gasteiger partial charge in [0, 0.05) is 11.1 Å². The van der Waals surface area contributed by atoms with Crippen molar-refractivity contribution in [3.8, 4) is 0 Å². The van der Waals surface area contributed by atoms with Crippen molar-refractivity contribution >= 4 is 55.9 Å². The largest absolute Gasteiger partial charge is 0.465 e. The van der Waals surface area contributed by atoms with Gasteiger partial charge in [0.05, 0.1) is 28.4 Å². The highest BCUT2D eigenvalue weighted by molar-refractivity contribution is 8.02. The Bertz CT molecular complexity index is 764. The van der Waals surface area contributed by atoms with Crippen LogP contribution < -0.4 is 0 Å². The molecule has 1 aliphatic rings. The molecule has 0 radical (unpaired) electrons. The monoisotopic (exact) mass is 372 g/mol. The van der Waals surface area contributed by atoms with Gasteiger partial charge in [-0.3, -0.25) is 0 Å². The third-order valence-electron chi connectivity index (χ3n) is 3.05. The van der Waals surface area contributed by atoms with Crippen molar-refractivity contribution in [3.63, 3.8) is 0 Å². The van der Waals surface area contributed by atoms with Crippen LogP contribution in [0, 0.1) is 0 Å². The van der Waals surface area contributed by atoms with E-state index in [1.165, 1.54) is 0 Å². The molecule has 0 fully saturated rings. The molecule has 0 amide bonds. The van der Waals surface area contributed by atoms with Gasteiger partial charge in [-0.2, -0.15) is 0 Å². The van der Waals surface area contributed by atoms with Gasteiger partial charge in [-0.05, 0) is 0 Å². The van der Waals surface area contributed by atoms with Crippen LogP contribution in [-0.4, -0.2) is 62.0 Å². The van der Waals surface area contributed by atoms with Crippen molar-refractivity contribution in [2.45, 2.75) is 0 Å². The first kappa shape index (κ1) is 17.9. The van der Waals surface area contributed by atoms with Crippen molar-refractivity contribution in [1.29, 1.82) is 0 Å². The molecule has 2 rings (SSSR count). The summed E-state index contributed by atoms with van der Waals surface area (Å²) in [7, 11) is 5.43. The third-order valence-corrected chi connectivity index (χ3v) is 5.35. The van der Waals surface area contributed by atoms with Crippen LogP contribution in [0.4, 0.5) is 0 Å². The standard InChI is InChI=1S/C14H12O8S2/c1-19-11(15)7-5-6(9(23-7)13(17)21-3)10(14(18)22-4)24-8(5)12(16)20-2/h1-4H3. The number of ether oxygens (including phenoxy) is 4. The van der Waals surface area contributed by atoms with Crippen molar-refractivity contribution < 1.29 is 38.1 Å². The van der Waals surface area contributed by atoms with Gasteiger partial charge < -0.3 is 18.9 Å². The van der Waals surface area contributed by atoms with E-state index in [1.807, 2.05) is 0 Å². The minimum atomic E-state index is -0.750. The molecule has 0 aliphatic carbocycles. The third kappa shape index (κ3) is 2.74. The summed E-state index contributed by atoms with van der Waals surface area (Å²) in [5.74, 6) is -3.00. The van der Waals surface area contributed by atoms with Gasteiger partial charge in [-0.1, -0.05) is 0 Å². The fourth-order valence-electron chi connectivity index (χ4n) is 2.01.